The maximum Gasteiger partial charge on any atom is 0.318 e. The Bertz CT molecular complexity index is 173. The summed E-state index contributed by atoms with van der Waals surface area (Å²) >= 11 is 1.20. The van der Waals surface area contributed by atoms with Gasteiger partial charge in [-0.1, -0.05) is 0 Å². The van der Waals surface area contributed by atoms with Crippen molar-refractivity contribution in [3.63, 3.8) is 0 Å². The first-order chi connectivity index (χ1) is 6.01. The number of hydrogen-bond acceptors (Lipinski definition) is 4. The van der Waals surface area contributed by atoms with Crippen LogP contribution in [0.15, 0.2) is 4.74 Å². The average Bonchev–Trinajstić information content (AvgIpc) is 2.00. The Morgan fingerprint density at radius 2 is 1.77 bits per heavy atom. The molecule has 0 spiro atoms. The van der Waals surface area contributed by atoms with E-state index in [1.165, 1.54) is 11.8 Å². The van der Waals surface area contributed by atoms with Crippen molar-refractivity contribution in [2.24, 2.45) is 10.7 Å². The molecule has 7 heteroatoms. The Balaban J connectivity index is 0. The molecule has 0 rings (SSSR count). The lowest BCUT2D eigenvalue weighted by Crippen LogP contribution is -2.25. The van der Waals surface area contributed by atoms with Crippen molar-refractivity contribution in [1.29, 1.82) is 0 Å². The summed E-state index contributed by atoms with van der Waals surface area (Å²) < 4.78 is 3.31. The van der Waals surface area contributed by atoms with Crippen LogP contribution in [-0.2, 0) is 9.59 Å². The van der Waals surface area contributed by atoms with E-state index in [0.29, 0.717) is 0 Å². The monoisotopic (exact) mass is 225 g/mol. The molecule has 76 valence electrons. The van der Waals surface area contributed by atoms with Gasteiger partial charge in [0.05, 0.1) is 0 Å². The van der Waals surface area contributed by atoms with E-state index in [0.717, 1.165) is 0 Å². The van der Waals surface area contributed by atoms with Crippen LogP contribution in [0.25, 0.3) is 0 Å². The minimum Gasteiger partial charge on any atom is -0.481 e. The van der Waals surface area contributed by atoms with Crippen LogP contribution in [0, 0.1) is 5.92 Å². The van der Waals surface area contributed by atoms with Crippen LogP contribution in [0.1, 0.15) is 0 Å². The van der Waals surface area contributed by atoms with Crippen molar-refractivity contribution in [3.05, 3.63) is 0 Å². The number of nitrogens with zero attached hydrogens (tertiary/aromatic N) is 1. The summed E-state index contributed by atoms with van der Waals surface area (Å²) in [5.74, 6) is -3.70. The van der Waals surface area contributed by atoms with Crippen LogP contribution in [0.3, 0.4) is 0 Å². The molecule has 0 aromatic carbocycles. The van der Waals surface area contributed by atoms with Gasteiger partial charge in [-0.2, -0.15) is 11.8 Å². The standard InChI is InChI=1S/C5H8O4S.CH4NP/c1-10-2-3(4(6)7)5(8)9;1-2-3/h3H,2H2,1H3,(H,6,7)(H,8,9);3H,1H3. The highest BCUT2D eigenvalue weighted by Gasteiger charge is 2.24. The van der Waals surface area contributed by atoms with E-state index >= 15 is 0 Å². The molecule has 0 bridgehead atoms. The minimum absolute atomic E-state index is 0.116. The van der Waals surface area contributed by atoms with Gasteiger partial charge in [0.25, 0.3) is 0 Å². The molecular weight excluding hydrogens is 213 g/mol. The van der Waals surface area contributed by atoms with Crippen LogP contribution in [0.2, 0.25) is 0 Å². The maximum atomic E-state index is 10.1. The molecule has 2 N–H and O–H groups in total. The second kappa shape index (κ2) is 9.48. The summed E-state index contributed by atoms with van der Waals surface area (Å²) in [6, 6.07) is 0. The Kier molecular flexibility index (Phi) is 10.9. The topological polar surface area (TPSA) is 87.0 Å². The molecule has 13 heavy (non-hydrogen) atoms. The Morgan fingerprint density at radius 1 is 1.46 bits per heavy atom. The number of carboxylic acid groups (broad SMARTS) is 2. The molecule has 0 atom stereocenters. The number of rotatable bonds is 4. The van der Waals surface area contributed by atoms with Crippen molar-refractivity contribution < 1.29 is 19.8 Å². The third-order valence-corrected chi connectivity index (χ3v) is 1.60. The van der Waals surface area contributed by atoms with Crippen LogP contribution in [-0.4, -0.2) is 41.2 Å². The lowest BCUT2D eigenvalue weighted by molar-refractivity contribution is -0.153. The minimum atomic E-state index is -1.28. The van der Waals surface area contributed by atoms with E-state index in [4.69, 9.17) is 10.2 Å². The second-order valence-electron chi connectivity index (χ2n) is 1.91. The number of carbonyl (C=O) groups is 2. The van der Waals surface area contributed by atoms with E-state index in [1.807, 2.05) is 0 Å². The van der Waals surface area contributed by atoms with Crippen molar-refractivity contribution in [1.82, 2.24) is 0 Å². The van der Waals surface area contributed by atoms with E-state index in [-0.39, 0.29) is 5.75 Å². The summed E-state index contributed by atoms with van der Waals surface area (Å²) in [6.07, 6.45) is 1.67. The summed E-state index contributed by atoms with van der Waals surface area (Å²) in [5.41, 5.74) is 0. The van der Waals surface area contributed by atoms with Gasteiger partial charge in [0.1, 0.15) is 0 Å². The van der Waals surface area contributed by atoms with Crippen LogP contribution in [0.4, 0.5) is 0 Å². The maximum absolute atomic E-state index is 10.1. The van der Waals surface area contributed by atoms with Gasteiger partial charge in [0, 0.05) is 12.8 Å². The molecule has 0 saturated heterocycles. The molecule has 0 radical (unpaired) electrons. The van der Waals surface area contributed by atoms with Gasteiger partial charge in [-0.3, -0.25) is 14.3 Å². The van der Waals surface area contributed by atoms with Crippen LogP contribution >= 0.6 is 20.8 Å². The van der Waals surface area contributed by atoms with E-state index in [2.05, 4.69) is 13.8 Å². The van der Waals surface area contributed by atoms with Crippen molar-refractivity contribution >= 4 is 32.7 Å². The van der Waals surface area contributed by atoms with Gasteiger partial charge < -0.3 is 10.2 Å². The molecule has 0 aliphatic heterocycles. The van der Waals surface area contributed by atoms with Gasteiger partial charge in [-0.15, -0.1) is 0 Å². The number of thioether (sulfide) groups is 1. The molecule has 0 aliphatic carbocycles. The first kappa shape index (κ1) is 14.9. The molecule has 0 amide bonds. The third-order valence-electron chi connectivity index (χ3n) is 0.930. The fraction of sp³-hybridized carbons (Fsp3) is 0.667. The molecular formula is C6H12NO4PS. The Morgan fingerprint density at radius 3 is 1.85 bits per heavy atom. The zero-order valence-electron chi connectivity index (χ0n) is 7.35. The fourth-order valence-corrected chi connectivity index (χ4v) is 1.03. The predicted octanol–water partition coefficient (Wildman–Crippen LogP) is 1.08. The van der Waals surface area contributed by atoms with Crippen LogP contribution in [0.5, 0.6) is 0 Å². The smallest absolute Gasteiger partial charge is 0.318 e. The Labute approximate surface area is 82.8 Å². The van der Waals surface area contributed by atoms with Crippen LogP contribution < -0.4 is 0 Å². The van der Waals surface area contributed by atoms with Gasteiger partial charge in [-0.05, 0) is 15.3 Å². The third kappa shape index (κ3) is 9.30. The largest absolute Gasteiger partial charge is 0.481 e. The highest BCUT2D eigenvalue weighted by atomic mass is 32.2. The average molecular weight is 225 g/mol. The summed E-state index contributed by atoms with van der Waals surface area (Å²) in [4.78, 5) is 20.3. The van der Waals surface area contributed by atoms with Crippen molar-refractivity contribution in [2.75, 3.05) is 19.1 Å². The first-order valence-electron chi connectivity index (χ1n) is 3.21. The van der Waals surface area contributed by atoms with E-state index in [9.17, 15) is 9.59 Å². The molecule has 0 unspecified atom stereocenters. The molecule has 5 nitrogen and oxygen atoms in total. The fourth-order valence-electron chi connectivity index (χ4n) is 0.415. The molecule has 0 aromatic rings. The molecule has 0 fully saturated rings. The van der Waals surface area contributed by atoms with Gasteiger partial charge >= 0.3 is 11.9 Å². The number of aliphatic carboxylic acids is 2. The molecule has 0 saturated carbocycles. The molecule has 0 heterocycles. The van der Waals surface area contributed by atoms with E-state index < -0.39 is 17.9 Å². The van der Waals surface area contributed by atoms with Gasteiger partial charge in [0.15, 0.2) is 5.92 Å². The summed E-state index contributed by atoms with van der Waals surface area (Å²) in [6.45, 7) is 0. The SMILES string of the molecule is CN=P.CSCC(C(=O)O)C(=O)O. The zero-order valence-corrected chi connectivity index (χ0v) is 9.17. The highest BCUT2D eigenvalue weighted by molar-refractivity contribution is 7.98. The van der Waals surface area contributed by atoms with Crippen molar-refractivity contribution in [3.8, 4) is 0 Å². The Hall–Kier alpha value is -0.610. The second-order valence-corrected chi connectivity index (χ2v) is 3.27. The summed E-state index contributed by atoms with van der Waals surface area (Å²) in [5, 5.41) is 16.6. The highest BCUT2D eigenvalue weighted by Crippen LogP contribution is 2.05. The zero-order chi connectivity index (χ0) is 10.9. The normalized spacial score (nSPS) is 8.54. The summed E-state index contributed by atoms with van der Waals surface area (Å²) in [7, 11) is 4.47. The molecule has 0 aliphatic rings. The first-order valence-corrected chi connectivity index (χ1v) is 5.05. The molecule has 0 aromatic heterocycles. The van der Waals surface area contributed by atoms with Gasteiger partial charge in [0.2, 0.25) is 0 Å². The number of carboxylic acids is 2. The predicted molar refractivity (Wildman–Crippen MR) is 53.8 cm³/mol. The number of hydrogen-bond donors (Lipinski definition) is 2. The lowest BCUT2D eigenvalue weighted by Gasteiger charge is -2.02. The van der Waals surface area contributed by atoms with E-state index in [1.54, 1.807) is 13.3 Å². The van der Waals surface area contributed by atoms with Crippen molar-refractivity contribution in [2.45, 2.75) is 0 Å². The van der Waals surface area contributed by atoms with Gasteiger partial charge in [-0.25, -0.2) is 0 Å². The lowest BCUT2D eigenvalue weighted by atomic mass is 10.2. The quantitative estimate of drug-likeness (QED) is 0.552.